The van der Waals surface area contributed by atoms with Crippen LogP contribution in [-0.2, 0) is 0 Å². The fourth-order valence-electron chi connectivity index (χ4n) is 0.491. The van der Waals surface area contributed by atoms with Crippen molar-refractivity contribution in [2.75, 3.05) is 7.05 Å². The smallest absolute Gasteiger partial charge is 0.226 e. The van der Waals surface area contributed by atoms with E-state index in [0.29, 0.717) is 0 Å². The molecule has 2 nitrogen and oxygen atoms in total. The lowest BCUT2D eigenvalue weighted by Gasteiger charge is -1.92. The van der Waals surface area contributed by atoms with Crippen LogP contribution < -0.4 is 0 Å². The van der Waals surface area contributed by atoms with Crippen LogP contribution in [0.3, 0.4) is 0 Å². The predicted molar refractivity (Wildman–Crippen MR) is 47.0 cm³/mol. The first-order valence-corrected chi connectivity index (χ1v) is 3.60. The topological polar surface area (TPSA) is 24.7 Å². The summed E-state index contributed by atoms with van der Waals surface area (Å²) in [6.45, 7) is 3.61. The molecule has 0 aromatic carbocycles. The van der Waals surface area contributed by atoms with E-state index in [4.69, 9.17) is 0 Å². The quantitative estimate of drug-likeness (QED) is 0.464. The number of allylic oxidation sites excluding steroid dienone is 1. The molecule has 0 aliphatic heterocycles. The second-order valence-electron chi connectivity index (χ2n) is 2.54. The summed E-state index contributed by atoms with van der Waals surface area (Å²) in [5.74, 6) is -1.42. The van der Waals surface area contributed by atoms with Gasteiger partial charge in [0.2, 0.25) is 11.9 Å². The van der Waals surface area contributed by atoms with E-state index in [2.05, 4.69) is 9.98 Å². The highest BCUT2D eigenvalue weighted by molar-refractivity contribution is 6.25. The molecule has 0 aliphatic carbocycles. The third kappa shape index (κ3) is 5.70. The highest BCUT2D eigenvalue weighted by Crippen LogP contribution is 2.03. The molecule has 0 N–H and O–H groups in total. The van der Waals surface area contributed by atoms with Crippen molar-refractivity contribution in [1.29, 1.82) is 0 Å². The lowest BCUT2D eigenvalue weighted by Crippen LogP contribution is -1.89. The van der Waals surface area contributed by atoms with Crippen LogP contribution in [0.15, 0.2) is 22.0 Å². The van der Waals surface area contributed by atoms with Crippen molar-refractivity contribution in [1.82, 2.24) is 0 Å². The van der Waals surface area contributed by atoms with Crippen LogP contribution in [0.4, 0.5) is 8.78 Å². The normalized spacial score (nSPS) is 14.8. The van der Waals surface area contributed by atoms with Crippen molar-refractivity contribution in [2.24, 2.45) is 15.9 Å². The first-order chi connectivity index (χ1) is 5.56. The number of hydrogen-bond donors (Lipinski definition) is 0. The van der Waals surface area contributed by atoms with Crippen LogP contribution in [0.25, 0.3) is 0 Å². The summed E-state index contributed by atoms with van der Waals surface area (Å²) < 4.78 is 24.8. The van der Waals surface area contributed by atoms with E-state index in [1.807, 2.05) is 0 Å². The summed E-state index contributed by atoms with van der Waals surface area (Å²) in [5.41, 5.74) is 0. The molecular formula is C8H12F2N2. The molecule has 0 atom stereocenters. The summed E-state index contributed by atoms with van der Waals surface area (Å²) in [5, 5.41) is 0. The minimum atomic E-state index is -0.790. The average Bonchev–Trinajstić information content (AvgIpc) is 1.99. The maximum atomic E-state index is 12.6. The minimum Gasteiger partial charge on any atom is -0.260 e. The van der Waals surface area contributed by atoms with Gasteiger partial charge < -0.3 is 0 Å². The lowest BCUT2D eigenvalue weighted by molar-refractivity contribution is 0.609. The van der Waals surface area contributed by atoms with E-state index < -0.39 is 11.9 Å². The van der Waals surface area contributed by atoms with E-state index in [-0.39, 0.29) is 5.92 Å². The zero-order chi connectivity index (χ0) is 9.56. The van der Waals surface area contributed by atoms with Crippen molar-refractivity contribution < 1.29 is 8.78 Å². The monoisotopic (exact) mass is 174 g/mol. The average molecular weight is 174 g/mol. The molecule has 0 rings (SSSR count). The SMILES string of the molecule is C\N=C(F)/C=N\C(F)=C\C(C)C. The Morgan fingerprint density at radius 3 is 2.33 bits per heavy atom. The summed E-state index contributed by atoms with van der Waals surface area (Å²) in [4.78, 5) is 6.35. The summed E-state index contributed by atoms with van der Waals surface area (Å²) >= 11 is 0. The number of halogens is 2. The van der Waals surface area contributed by atoms with Crippen LogP contribution >= 0.6 is 0 Å². The fraction of sp³-hybridized carbons (Fsp3) is 0.500. The van der Waals surface area contributed by atoms with E-state index in [1.165, 1.54) is 13.1 Å². The maximum Gasteiger partial charge on any atom is 0.226 e. The molecule has 0 aromatic heterocycles. The molecule has 0 spiro atoms. The van der Waals surface area contributed by atoms with Gasteiger partial charge in [0.15, 0.2) is 0 Å². The standard InChI is InChI=1S/C8H12F2N2/c1-6(2)4-7(9)12-5-8(10)11-3/h4-6H,1-3H3/b7-4+,11-8+,12-5-. The van der Waals surface area contributed by atoms with Gasteiger partial charge in [0.05, 0.1) is 6.21 Å². The van der Waals surface area contributed by atoms with Gasteiger partial charge in [-0.05, 0) is 12.0 Å². The number of aliphatic imine (C=N–C) groups is 2. The Balaban J connectivity index is 4.17. The van der Waals surface area contributed by atoms with E-state index in [1.54, 1.807) is 13.8 Å². The van der Waals surface area contributed by atoms with Crippen LogP contribution in [-0.4, -0.2) is 19.2 Å². The van der Waals surface area contributed by atoms with Gasteiger partial charge in [-0.15, -0.1) is 0 Å². The maximum absolute atomic E-state index is 12.6. The van der Waals surface area contributed by atoms with Crippen LogP contribution in [0.2, 0.25) is 0 Å². The first-order valence-electron chi connectivity index (χ1n) is 3.60. The zero-order valence-electron chi connectivity index (χ0n) is 7.38. The highest BCUT2D eigenvalue weighted by atomic mass is 19.1. The molecule has 0 unspecified atom stereocenters. The van der Waals surface area contributed by atoms with E-state index in [9.17, 15) is 8.78 Å². The van der Waals surface area contributed by atoms with Gasteiger partial charge in [-0.2, -0.15) is 8.78 Å². The number of rotatable bonds is 3. The molecule has 0 bridgehead atoms. The molecule has 4 heteroatoms. The molecule has 0 amide bonds. The van der Waals surface area contributed by atoms with Crippen LogP contribution in [0.5, 0.6) is 0 Å². The Morgan fingerprint density at radius 2 is 1.92 bits per heavy atom. The summed E-state index contributed by atoms with van der Waals surface area (Å²) in [6.07, 6.45) is 2.04. The molecular weight excluding hydrogens is 162 g/mol. The molecule has 0 fully saturated rings. The van der Waals surface area contributed by atoms with Gasteiger partial charge in [0.25, 0.3) is 0 Å². The summed E-state index contributed by atoms with van der Waals surface area (Å²) in [6, 6.07) is 0. The molecule has 0 saturated carbocycles. The van der Waals surface area contributed by atoms with Gasteiger partial charge in [-0.1, -0.05) is 13.8 Å². The molecule has 68 valence electrons. The Labute approximate surface area is 70.7 Å². The molecule has 0 aliphatic rings. The second-order valence-corrected chi connectivity index (χ2v) is 2.54. The Morgan fingerprint density at radius 1 is 1.33 bits per heavy atom. The number of nitrogens with zero attached hydrogens (tertiary/aromatic N) is 2. The van der Waals surface area contributed by atoms with Gasteiger partial charge in [0, 0.05) is 7.05 Å². The first kappa shape index (κ1) is 10.9. The van der Waals surface area contributed by atoms with E-state index in [0.717, 1.165) is 6.21 Å². The molecule has 0 aromatic rings. The van der Waals surface area contributed by atoms with Gasteiger partial charge in [-0.25, -0.2) is 4.99 Å². The van der Waals surface area contributed by atoms with Crippen molar-refractivity contribution in [3.8, 4) is 0 Å². The van der Waals surface area contributed by atoms with Crippen molar-refractivity contribution in [3.63, 3.8) is 0 Å². The summed E-state index contributed by atoms with van der Waals surface area (Å²) in [7, 11) is 1.27. The van der Waals surface area contributed by atoms with Gasteiger partial charge in [0.1, 0.15) is 0 Å². The Hall–Kier alpha value is -1.06. The Bertz CT molecular complexity index is 217. The second kappa shape index (κ2) is 5.57. The van der Waals surface area contributed by atoms with Crippen LogP contribution in [0.1, 0.15) is 13.8 Å². The zero-order valence-corrected chi connectivity index (χ0v) is 7.38. The van der Waals surface area contributed by atoms with E-state index >= 15 is 0 Å². The predicted octanol–water partition coefficient (Wildman–Crippen LogP) is 2.52. The minimum absolute atomic E-state index is 0.0591. The third-order valence-corrected chi connectivity index (χ3v) is 0.979. The van der Waals surface area contributed by atoms with Crippen molar-refractivity contribution in [2.45, 2.75) is 13.8 Å². The third-order valence-electron chi connectivity index (χ3n) is 0.979. The van der Waals surface area contributed by atoms with Crippen LogP contribution in [0, 0.1) is 5.92 Å². The molecule has 12 heavy (non-hydrogen) atoms. The number of hydrogen-bond acceptors (Lipinski definition) is 2. The fourth-order valence-corrected chi connectivity index (χ4v) is 0.491. The van der Waals surface area contributed by atoms with Crippen molar-refractivity contribution in [3.05, 3.63) is 12.0 Å². The lowest BCUT2D eigenvalue weighted by atomic mass is 10.2. The van der Waals surface area contributed by atoms with Gasteiger partial charge >= 0.3 is 0 Å². The highest BCUT2D eigenvalue weighted by Gasteiger charge is 1.93. The molecule has 0 saturated heterocycles. The molecule has 0 radical (unpaired) electrons. The molecule has 0 heterocycles. The largest absolute Gasteiger partial charge is 0.260 e. The van der Waals surface area contributed by atoms with Crippen molar-refractivity contribution >= 4 is 12.2 Å². The van der Waals surface area contributed by atoms with Gasteiger partial charge in [-0.3, -0.25) is 4.99 Å². The Kier molecular flexibility index (Phi) is 5.08.